The number of nitrogens with one attached hydrogen (secondary N) is 1. The lowest BCUT2D eigenvalue weighted by molar-refractivity contribution is -0.274. The molecule has 2 N–H and O–H groups in total. The Labute approximate surface area is 186 Å². The average molecular weight is 457 g/mol. The van der Waals surface area contributed by atoms with E-state index in [4.69, 9.17) is 4.74 Å². The van der Waals surface area contributed by atoms with E-state index in [2.05, 4.69) is 10.1 Å². The van der Waals surface area contributed by atoms with E-state index < -0.39 is 30.2 Å². The fourth-order valence-electron chi connectivity index (χ4n) is 3.91. The molecule has 0 aliphatic heterocycles. The highest BCUT2D eigenvalue weighted by molar-refractivity contribution is 5.82. The van der Waals surface area contributed by atoms with Crippen LogP contribution in [-0.2, 0) is 9.53 Å². The number of amides is 1. The van der Waals surface area contributed by atoms with Gasteiger partial charge in [-0.3, -0.25) is 0 Å². The number of alkyl carbamates (subject to hydrolysis) is 1. The van der Waals surface area contributed by atoms with Gasteiger partial charge in [-0.15, -0.1) is 13.2 Å². The van der Waals surface area contributed by atoms with E-state index in [0.717, 1.165) is 46.5 Å². The Morgan fingerprint density at radius 3 is 1.97 bits per heavy atom. The third kappa shape index (κ3) is 4.92. The Balaban J connectivity index is 1.44. The number of rotatable bonds is 6. The molecule has 6 nitrogen and oxygen atoms in total. The molecule has 170 valence electrons. The van der Waals surface area contributed by atoms with E-state index in [1.54, 1.807) is 0 Å². The smallest absolute Gasteiger partial charge is 0.479 e. The van der Waals surface area contributed by atoms with Gasteiger partial charge in [-0.1, -0.05) is 60.7 Å². The number of halogens is 3. The highest BCUT2D eigenvalue weighted by atomic mass is 19.4. The van der Waals surface area contributed by atoms with Crippen LogP contribution in [0.5, 0.6) is 5.75 Å². The first-order chi connectivity index (χ1) is 15.7. The average Bonchev–Trinajstić information content (AvgIpc) is 3.09. The quantitative estimate of drug-likeness (QED) is 0.528. The second kappa shape index (κ2) is 8.85. The molecule has 0 heterocycles. The van der Waals surface area contributed by atoms with Gasteiger partial charge in [0.15, 0.2) is 6.04 Å². The standard InChI is InChI=1S/C24H18F3NO5/c25-24(26,27)33-15-11-9-14(10-12-15)21(22(29)30)28-23(31)32-13-20-18-7-3-1-5-16(18)17-6-2-4-8-19(17)20/h1-12,20-21H,13H2,(H,28,31)(H,29,30)/t21-/m0/s1. The fourth-order valence-corrected chi connectivity index (χ4v) is 3.91. The van der Waals surface area contributed by atoms with Gasteiger partial charge in [0.1, 0.15) is 12.4 Å². The Kier molecular flexibility index (Phi) is 5.95. The second-order valence-corrected chi connectivity index (χ2v) is 7.36. The molecule has 9 heteroatoms. The highest BCUT2D eigenvalue weighted by Crippen LogP contribution is 2.44. The fraction of sp³-hybridized carbons (Fsp3) is 0.167. The molecule has 3 aromatic carbocycles. The van der Waals surface area contributed by atoms with Crippen molar-refractivity contribution in [3.8, 4) is 16.9 Å². The topological polar surface area (TPSA) is 84.9 Å². The minimum absolute atomic E-state index is 0.00937. The molecule has 0 unspecified atom stereocenters. The summed E-state index contributed by atoms with van der Waals surface area (Å²) in [4.78, 5) is 24.1. The number of benzene rings is 3. The van der Waals surface area contributed by atoms with E-state index in [1.165, 1.54) is 0 Å². The number of hydrogen-bond acceptors (Lipinski definition) is 4. The number of carbonyl (C=O) groups excluding carboxylic acids is 1. The second-order valence-electron chi connectivity index (χ2n) is 7.36. The molecule has 4 rings (SSSR count). The van der Waals surface area contributed by atoms with E-state index in [9.17, 15) is 27.9 Å². The van der Waals surface area contributed by atoms with Crippen molar-refractivity contribution >= 4 is 12.1 Å². The molecular formula is C24H18F3NO5. The lowest BCUT2D eigenvalue weighted by Crippen LogP contribution is -2.34. The van der Waals surface area contributed by atoms with Crippen molar-refractivity contribution in [3.05, 3.63) is 89.5 Å². The van der Waals surface area contributed by atoms with Gasteiger partial charge in [0.05, 0.1) is 0 Å². The van der Waals surface area contributed by atoms with Crippen molar-refractivity contribution in [2.24, 2.45) is 0 Å². The van der Waals surface area contributed by atoms with Crippen LogP contribution in [0.2, 0.25) is 0 Å². The number of ether oxygens (including phenoxy) is 2. The predicted octanol–water partition coefficient (Wildman–Crippen LogP) is 5.25. The Bertz CT molecular complexity index is 1130. The molecule has 0 radical (unpaired) electrons. The third-order valence-electron chi connectivity index (χ3n) is 5.30. The van der Waals surface area contributed by atoms with Crippen LogP contribution in [0.3, 0.4) is 0 Å². The largest absolute Gasteiger partial charge is 0.573 e. The van der Waals surface area contributed by atoms with Gasteiger partial charge in [0, 0.05) is 5.92 Å². The van der Waals surface area contributed by atoms with Crippen LogP contribution in [-0.4, -0.2) is 30.1 Å². The Morgan fingerprint density at radius 2 is 1.45 bits per heavy atom. The normalized spacial score (nSPS) is 13.5. The van der Waals surface area contributed by atoms with Crippen LogP contribution in [0, 0.1) is 0 Å². The van der Waals surface area contributed by atoms with Crippen LogP contribution >= 0.6 is 0 Å². The van der Waals surface area contributed by atoms with E-state index >= 15 is 0 Å². The summed E-state index contributed by atoms with van der Waals surface area (Å²) in [7, 11) is 0. The van der Waals surface area contributed by atoms with Crippen molar-refractivity contribution < 1.29 is 37.3 Å². The monoisotopic (exact) mass is 457 g/mol. The van der Waals surface area contributed by atoms with Crippen LogP contribution in [0.4, 0.5) is 18.0 Å². The first kappa shape index (κ1) is 22.2. The van der Waals surface area contributed by atoms with Gasteiger partial charge >= 0.3 is 18.4 Å². The predicted molar refractivity (Wildman–Crippen MR) is 112 cm³/mol. The van der Waals surface area contributed by atoms with Gasteiger partial charge < -0.3 is 19.9 Å². The molecule has 0 saturated heterocycles. The van der Waals surface area contributed by atoms with Gasteiger partial charge in [-0.2, -0.15) is 0 Å². The molecule has 1 aliphatic carbocycles. The third-order valence-corrected chi connectivity index (χ3v) is 5.30. The summed E-state index contributed by atoms with van der Waals surface area (Å²) >= 11 is 0. The van der Waals surface area contributed by atoms with Crippen LogP contribution < -0.4 is 10.1 Å². The first-order valence-corrected chi connectivity index (χ1v) is 9.93. The van der Waals surface area contributed by atoms with E-state index in [1.807, 2.05) is 48.5 Å². The van der Waals surface area contributed by atoms with Crippen molar-refractivity contribution in [2.45, 2.75) is 18.3 Å². The first-order valence-electron chi connectivity index (χ1n) is 9.93. The number of carbonyl (C=O) groups is 2. The van der Waals surface area contributed by atoms with Crippen molar-refractivity contribution in [2.75, 3.05) is 6.61 Å². The number of alkyl halides is 3. The summed E-state index contributed by atoms with van der Waals surface area (Å²) in [5.74, 6) is -2.10. The number of hydrogen-bond donors (Lipinski definition) is 2. The SMILES string of the molecule is O=C(N[C@H](C(=O)O)c1ccc(OC(F)(F)F)cc1)OCC1c2ccccc2-c2ccccc21. The summed E-state index contributed by atoms with van der Waals surface area (Å²) in [6, 6.07) is 18.2. The zero-order valence-electron chi connectivity index (χ0n) is 17.0. The van der Waals surface area contributed by atoms with Crippen molar-refractivity contribution in [3.63, 3.8) is 0 Å². The molecule has 0 spiro atoms. The molecule has 0 aromatic heterocycles. The van der Waals surface area contributed by atoms with Crippen LogP contribution in [0.25, 0.3) is 11.1 Å². The summed E-state index contributed by atoms with van der Waals surface area (Å²) in [5, 5.41) is 11.7. The molecule has 0 fully saturated rings. The minimum atomic E-state index is -4.87. The number of carboxylic acid groups (broad SMARTS) is 1. The van der Waals surface area contributed by atoms with Gasteiger partial charge in [-0.25, -0.2) is 9.59 Å². The number of fused-ring (bicyclic) bond motifs is 3. The van der Waals surface area contributed by atoms with Crippen molar-refractivity contribution in [1.29, 1.82) is 0 Å². The summed E-state index contributed by atoms with van der Waals surface area (Å²) in [5.41, 5.74) is 4.16. The minimum Gasteiger partial charge on any atom is -0.479 e. The molecule has 1 aliphatic rings. The highest BCUT2D eigenvalue weighted by Gasteiger charge is 2.32. The van der Waals surface area contributed by atoms with Gasteiger partial charge in [-0.05, 0) is 39.9 Å². The van der Waals surface area contributed by atoms with E-state index in [-0.39, 0.29) is 18.1 Å². The lowest BCUT2D eigenvalue weighted by atomic mass is 9.98. The summed E-state index contributed by atoms with van der Waals surface area (Å²) < 4.78 is 46.0. The molecule has 33 heavy (non-hydrogen) atoms. The zero-order chi connectivity index (χ0) is 23.6. The maximum Gasteiger partial charge on any atom is 0.573 e. The maximum absolute atomic E-state index is 12.4. The lowest BCUT2D eigenvalue weighted by Gasteiger charge is -2.18. The summed E-state index contributed by atoms with van der Waals surface area (Å²) in [6.45, 7) is -0.00937. The number of carboxylic acids is 1. The molecular weight excluding hydrogens is 439 g/mol. The van der Waals surface area contributed by atoms with Crippen LogP contribution in [0.1, 0.15) is 28.7 Å². The van der Waals surface area contributed by atoms with E-state index in [0.29, 0.717) is 0 Å². The number of aliphatic carboxylic acids is 1. The zero-order valence-corrected chi connectivity index (χ0v) is 17.0. The Hall–Kier alpha value is -4.01. The van der Waals surface area contributed by atoms with Crippen molar-refractivity contribution in [1.82, 2.24) is 5.32 Å². The molecule has 0 saturated carbocycles. The Morgan fingerprint density at radius 1 is 0.909 bits per heavy atom. The molecule has 3 aromatic rings. The van der Waals surface area contributed by atoms with Gasteiger partial charge in [0.2, 0.25) is 0 Å². The summed E-state index contributed by atoms with van der Waals surface area (Å²) in [6.07, 6.45) is -5.83. The maximum atomic E-state index is 12.4. The molecule has 1 atom stereocenters. The molecule has 0 bridgehead atoms. The van der Waals surface area contributed by atoms with Crippen LogP contribution in [0.15, 0.2) is 72.8 Å². The van der Waals surface area contributed by atoms with Gasteiger partial charge in [0.25, 0.3) is 0 Å². The molecule has 1 amide bonds.